The monoisotopic (exact) mass is 358 g/mol. The lowest BCUT2D eigenvalue weighted by Crippen LogP contribution is -2.32. The van der Waals surface area contributed by atoms with E-state index in [0.717, 1.165) is 12.8 Å². The molecule has 0 fully saturated rings. The van der Waals surface area contributed by atoms with Gasteiger partial charge in [0, 0.05) is 18.7 Å². The summed E-state index contributed by atoms with van der Waals surface area (Å²) in [5.74, 6) is -0.321. The smallest absolute Gasteiger partial charge is 0.407 e. The van der Waals surface area contributed by atoms with Crippen molar-refractivity contribution in [3.8, 4) is 0 Å². The van der Waals surface area contributed by atoms with Gasteiger partial charge in [-0.3, -0.25) is 0 Å². The van der Waals surface area contributed by atoms with Crippen LogP contribution in [0.2, 0.25) is 0 Å². The third kappa shape index (κ3) is 12.8. The maximum absolute atomic E-state index is 11.5. The van der Waals surface area contributed by atoms with Crippen LogP contribution < -0.4 is 10.6 Å². The molecule has 0 rings (SSSR count). The summed E-state index contributed by atoms with van der Waals surface area (Å²) in [4.78, 5) is 33.2. The molecule has 0 aliphatic carbocycles. The van der Waals surface area contributed by atoms with Gasteiger partial charge in [0.25, 0.3) is 0 Å². The first-order valence-corrected chi connectivity index (χ1v) is 8.23. The third-order valence-electron chi connectivity index (χ3n) is 3.47. The highest BCUT2D eigenvalue weighted by Crippen LogP contribution is 2.28. The average Bonchev–Trinajstić information content (AvgIpc) is 2.48. The summed E-state index contributed by atoms with van der Waals surface area (Å²) in [6, 6.07) is 0. The average molecular weight is 358 g/mol. The SMILES string of the molecule is C=C(C)C(=O)OCCOC(=O)NCCC(C)(C)CC(C)CNC(=O)O. The molecule has 0 saturated carbocycles. The molecular formula is C17H30N2O6. The molecule has 2 amide bonds. The van der Waals surface area contributed by atoms with Gasteiger partial charge in [-0.2, -0.15) is 0 Å². The van der Waals surface area contributed by atoms with Crippen LogP contribution in [0.3, 0.4) is 0 Å². The van der Waals surface area contributed by atoms with Crippen LogP contribution in [0.15, 0.2) is 12.2 Å². The molecule has 0 saturated heterocycles. The van der Waals surface area contributed by atoms with E-state index in [2.05, 4.69) is 31.1 Å². The number of carboxylic acid groups (broad SMARTS) is 1. The van der Waals surface area contributed by atoms with Crippen molar-refractivity contribution in [1.82, 2.24) is 10.6 Å². The summed E-state index contributed by atoms with van der Waals surface area (Å²) in [6.07, 6.45) is -0.0452. The van der Waals surface area contributed by atoms with Gasteiger partial charge in [0.2, 0.25) is 0 Å². The van der Waals surface area contributed by atoms with Gasteiger partial charge in [0.1, 0.15) is 13.2 Å². The van der Waals surface area contributed by atoms with E-state index < -0.39 is 18.2 Å². The molecule has 0 heterocycles. The summed E-state index contributed by atoms with van der Waals surface area (Å²) in [7, 11) is 0. The lowest BCUT2D eigenvalue weighted by atomic mass is 9.80. The second kappa shape index (κ2) is 11.3. The molecule has 144 valence electrons. The van der Waals surface area contributed by atoms with Gasteiger partial charge < -0.3 is 25.2 Å². The van der Waals surface area contributed by atoms with Gasteiger partial charge in [-0.15, -0.1) is 0 Å². The minimum Gasteiger partial charge on any atom is -0.465 e. The van der Waals surface area contributed by atoms with E-state index in [9.17, 15) is 14.4 Å². The Morgan fingerprint density at radius 3 is 2.32 bits per heavy atom. The molecule has 0 aliphatic rings. The van der Waals surface area contributed by atoms with Crippen molar-refractivity contribution >= 4 is 18.2 Å². The first-order chi connectivity index (χ1) is 11.5. The Hall–Kier alpha value is -2.25. The number of amides is 2. The fraction of sp³-hybridized carbons (Fsp3) is 0.706. The van der Waals surface area contributed by atoms with Crippen molar-refractivity contribution in [3.05, 3.63) is 12.2 Å². The molecule has 0 spiro atoms. The lowest BCUT2D eigenvalue weighted by Gasteiger charge is -2.28. The predicted molar refractivity (Wildman–Crippen MR) is 93.3 cm³/mol. The molecule has 1 unspecified atom stereocenters. The van der Waals surface area contributed by atoms with Gasteiger partial charge in [0.15, 0.2) is 0 Å². The van der Waals surface area contributed by atoms with Crippen molar-refractivity contribution in [2.24, 2.45) is 11.3 Å². The number of alkyl carbamates (subject to hydrolysis) is 1. The van der Waals surface area contributed by atoms with Crippen molar-refractivity contribution in [2.45, 2.75) is 40.5 Å². The van der Waals surface area contributed by atoms with Gasteiger partial charge in [-0.1, -0.05) is 27.4 Å². The van der Waals surface area contributed by atoms with Crippen LogP contribution in [0.4, 0.5) is 9.59 Å². The molecule has 0 aromatic carbocycles. The fourth-order valence-electron chi connectivity index (χ4n) is 2.33. The Labute approximate surface area is 148 Å². The highest BCUT2D eigenvalue weighted by Gasteiger charge is 2.21. The van der Waals surface area contributed by atoms with Gasteiger partial charge in [0.05, 0.1) is 0 Å². The molecule has 0 aromatic heterocycles. The fourth-order valence-corrected chi connectivity index (χ4v) is 2.33. The van der Waals surface area contributed by atoms with E-state index >= 15 is 0 Å². The number of carbonyl (C=O) groups excluding carboxylic acids is 2. The maximum atomic E-state index is 11.5. The normalized spacial score (nSPS) is 12.0. The Morgan fingerprint density at radius 2 is 1.76 bits per heavy atom. The van der Waals surface area contributed by atoms with E-state index in [0.29, 0.717) is 18.7 Å². The summed E-state index contributed by atoms with van der Waals surface area (Å²) in [5, 5.41) is 13.6. The molecule has 0 bridgehead atoms. The summed E-state index contributed by atoms with van der Waals surface area (Å²) in [6.45, 7) is 11.9. The Kier molecular flexibility index (Phi) is 10.3. The molecular weight excluding hydrogens is 328 g/mol. The Morgan fingerprint density at radius 1 is 1.16 bits per heavy atom. The molecule has 0 aliphatic heterocycles. The largest absolute Gasteiger partial charge is 0.465 e. The highest BCUT2D eigenvalue weighted by atomic mass is 16.6. The van der Waals surface area contributed by atoms with E-state index in [4.69, 9.17) is 14.6 Å². The number of esters is 1. The zero-order chi connectivity index (χ0) is 19.5. The molecule has 1 atom stereocenters. The molecule has 8 heteroatoms. The zero-order valence-electron chi connectivity index (χ0n) is 15.5. The number of hydrogen-bond acceptors (Lipinski definition) is 5. The first-order valence-electron chi connectivity index (χ1n) is 8.23. The summed E-state index contributed by atoms with van der Waals surface area (Å²) >= 11 is 0. The number of ether oxygens (including phenoxy) is 2. The zero-order valence-corrected chi connectivity index (χ0v) is 15.5. The van der Waals surface area contributed by atoms with Crippen LogP contribution in [0.5, 0.6) is 0 Å². The number of carbonyl (C=O) groups is 3. The van der Waals surface area contributed by atoms with E-state index in [1.807, 2.05) is 6.92 Å². The Balaban J connectivity index is 3.88. The van der Waals surface area contributed by atoms with Crippen LogP contribution in [0, 0.1) is 11.3 Å². The van der Waals surface area contributed by atoms with Crippen LogP contribution in [0.25, 0.3) is 0 Å². The van der Waals surface area contributed by atoms with Gasteiger partial charge in [-0.05, 0) is 31.1 Å². The summed E-state index contributed by atoms with van der Waals surface area (Å²) in [5.41, 5.74) is 0.239. The van der Waals surface area contributed by atoms with Crippen LogP contribution in [0.1, 0.15) is 40.5 Å². The topological polar surface area (TPSA) is 114 Å². The number of nitrogens with one attached hydrogen (secondary N) is 2. The third-order valence-corrected chi connectivity index (χ3v) is 3.47. The van der Waals surface area contributed by atoms with Crippen molar-refractivity contribution in [2.75, 3.05) is 26.3 Å². The van der Waals surface area contributed by atoms with Crippen LogP contribution in [-0.2, 0) is 14.3 Å². The quantitative estimate of drug-likeness (QED) is 0.297. The maximum Gasteiger partial charge on any atom is 0.407 e. The lowest BCUT2D eigenvalue weighted by molar-refractivity contribution is -0.139. The minimum atomic E-state index is -1.03. The number of rotatable bonds is 11. The second-order valence-corrected chi connectivity index (χ2v) is 6.89. The van der Waals surface area contributed by atoms with Gasteiger partial charge in [-0.25, -0.2) is 14.4 Å². The van der Waals surface area contributed by atoms with Gasteiger partial charge >= 0.3 is 18.2 Å². The van der Waals surface area contributed by atoms with Crippen molar-refractivity contribution in [3.63, 3.8) is 0 Å². The van der Waals surface area contributed by atoms with Crippen LogP contribution >= 0.6 is 0 Å². The predicted octanol–water partition coefficient (Wildman–Crippen LogP) is 2.54. The molecule has 0 aromatic rings. The minimum absolute atomic E-state index is 0.0152. The Bertz CT molecular complexity index is 476. The summed E-state index contributed by atoms with van der Waals surface area (Å²) < 4.78 is 9.71. The van der Waals surface area contributed by atoms with Crippen molar-refractivity contribution < 1.29 is 29.0 Å². The number of hydrogen-bond donors (Lipinski definition) is 3. The van der Waals surface area contributed by atoms with E-state index in [1.165, 1.54) is 6.92 Å². The molecule has 8 nitrogen and oxygen atoms in total. The standard InChI is InChI=1S/C17H30N2O6/c1-12(2)14(20)24-8-9-25-16(23)18-7-6-17(4,5)10-13(3)11-19-15(21)22/h13,19H,1,6-11H2,2-5H3,(H,18,23)(H,21,22). The highest BCUT2D eigenvalue weighted by molar-refractivity contribution is 5.86. The van der Waals surface area contributed by atoms with E-state index in [-0.39, 0.29) is 24.5 Å². The first kappa shape index (κ1) is 22.8. The molecule has 0 radical (unpaired) electrons. The van der Waals surface area contributed by atoms with Crippen LogP contribution in [-0.4, -0.2) is 49.6 Å². The van der Waals surface area contributed by atoms with Crippen molar-refractivity contribution in [1.29, 1.82) is 0 Å². The molecule has 3 N–H and O–H groups in total. The molecule has 25 heavy (non-hydrogen) atoms. The second-order valence-electron chi connectivity index (χ2n) is 6.89. The van der Waals surface area contributed by atoms with E-state index in [1.54, 1.807) is 0 Å².